The third kappa shape index (κ3) is 5.23. The molecule has 0 saturated carbocycles. The van der Waals surface area contributed by atoms with Crippen LogP contribution in [-0.2, 0) is 4.79 Å². The summed E-state index contributed by atoms with van der Waals surface area (Å²) in [5.74, 6) is 0.935. The van der Waals surface area contributed by atoms with E-state index in [1.165, 1.54) is 14.0 Å². The van der Waals surface area contributed by atoms with Gasteiger partial charge in [0.1, 0.15) is 11.5 Å². The highest BCUT2D eigenvalue weighted by molar-refractivity contribution is 7.80. The van der Waals surface area contributed by atoms with Crippen molar-refractivity contribution in [1.29, 1.82) is 0 Å². The number of carbonyl (C=O) groups excluding carboxylic acids is 1. The average Bonchev–Trinajstić information content (AvgIpc) is 2.56. The Kier molecular flexibility index (Phi) is 6.44. The first kappa shape index (κ1) is 18.8. The molecule has 2 aromatic rings. The second-order valence-corrected chi connectivity index (χ2v) is 5.84. The second-order valence-electron chi connectivity index (χ2n) is 5.02. The highest BCUT2D eigenvalue weighted by atomic mass is 35.5. The van der Waals surface area contributed by atoms with Crippen molar-refractivity contribution in [2.75, 3.05) is 30.2 Å². The zero-order valence-electron chi connectivity index (χ0n) is 14.0. The van der Waals surface area contributed by atoms with Crippen molar-refractivity contribution in [3.05, 3.63) is 41.4 Å². The van der Waals surface area contributed by atoms with Gasteiger partial charge >= 0.3 is 0 Å². The van der Waals surface area contributed by atoms with Gasteiger partial charge in [-0.15, -0.1) is 0 Å². The minimum atomic E-state index is -0.124. The Morgan fingerprint density at radius 3 is 2.04 bits per heavy atom. The van der Waals surface area contributed by atoms with E-state index in [0.717, 1.165) is 5.69 Å². The van der Waals surface area contributed by atoms with Gasteiger partial charge in [0.25, 0.3) is 0 Å². The molecule has 0 heterocycles. The molecule has 132 valence electrons. The first-order valence-electron chi connectivity index (χ1n) is 7.30. The molecule has 8 heteroatoms. The lowest BCUT2D eigenvalue weighted by Gasteiger charge is -2.15. The Hall–Kier alpha value is -2.51. The van der Waals surface area contributed by atoms with Crippen LogP contribution in [0.15, 0.2) is 36.4 Å². The van der Waals surface area contributed by atoms with Crippen molar-refractivity contribution in [3.63, 3.8) is 0 Å². The highest BCUT2D eigenvalue weighted by Crippen LogP contribution is 2.35. The summed E-state index contributed by atoms with van der Waals surface area (Å²) in [4.78, 5) is 11.0. The normalized spacial score (nSPS) is 9.92. The zero-order chi connectivity index (χ0) is 18.4. The van der Waals surface area contributed by atoms with Crippen LogP contribution in [0, 0.1) is 0 Å². The number of hydrogen-bond donors (Lipinski definition) is 3. The molecule has 0 unspecified atom stereocenters. The first-order valence-corrected chi connectivity index (χ1v) is 8.08. The van der Waals surface area contributed by atoms with Crippen molar-refractivity contribution in [1.82, 2.24) is 0 Å². The number of halogens is 1. The van der Waals surface area contributed by atoms with E-state index in [2.05, 4.69) is 16.0 Å². The largest absolute Gasteiger partial charge is 0.495 e. The number of rotatable bonds is 5. The number of nitrogens with one attached hydrogen (secondary N) is 3. The summed E-state index contributed by atoms with van der Waals surface area (Å²) >= 11 is 11.5. The molecule has 1 amide bonds. The lowest BCUT2D eigenvalue weighted by molar-refractivity contribution is -0.114. The van der Waals surface area contributed by atoms with Crippen molar-refractivity contribution >= 4 is 51.9 Å². The van der Waals surface area contributed by atoms with Crippen LogP contribution in [0.2, 0.25) is 5.02 Å². The van der Waals surface area contributed by atoms with E-state index in [0.29, 0.717) is 33.0 Å². The number of ether oxygens (including phenoxy) is 2. The number of hydrogen-bond acceptors (Lipinski definition) is 4. The molecular weight excluding hydrogens is 362 g/mol. The van der Waals surface area contributed by atoms with Gasteiger partial charge in [0, 0.05) is 24.4 Å². The van der Waals surface area contributed by atoms with Gasteiger partial charge in [-0.25, -0.2) is 0 Å². The third-order valence-electron chi connectivity index (χ3n) is 3.19. The summed E-state index contributed by atoms with van der Waals surface area (Å²) in [5, 5.41) is 9.59. The number of benzene rings is 2. The van der Waals surface area contributed by atoms with Gasteiger partial charge in [-0.1, -0.05) is 11.6 Å². The molecule has 0 aliphatic heterocycles. The third-order valence-corrected chi connectivity index (χ3v) is 3.68. The van der Waals surface area contributed by atoms with Crippen molar-refractivity contribution < 1.29 is 14.3 Å². The molecule has 3 N–H and O–H groups in total. The number of anilines is 3. The Bertz CT molecular complexity index is 781. The van der Waals surface area contributed by atoms with Crippen LogP contribution in [0.1, 0.15) is 6.92 Å². The number of carbonyl (C=O) groups is 1. The van der Waals surface area contributed by atoms with Crippen LogP contribution in [0.4, 0.5) is 17.1 Å². The molecule has 0 saturated heterocycles. The van der Waals surface area contributed by atoms with Crippen molar-refractivity contribution in [2.45, 2.75) is 6.92 Å². The van der Waals surface area contributed by atoms with E-state index in [9.17, 15) is 4.79 Å². The molecule has 0 bridgehead atoms. The molecule has 0 aliphatic carbocycles. The van der Waals surface area contributed by atoms with E-state index in [4.69, 9.17) is 33.3 Å². The Morgan fingerprint density at radius 1 is 0.960 bits per heavy atom. The summed E-state index contributed by atoms with van der Waals surface area (Å²) in [6.07, 6.45) is 0. The number of methoxy groups -OCH3 is 2. The van der Waals surface area contributed by atoms with Gasteiger partial charge in [0.15, 0.2) is 5.11 Å². The SMILES string of the molecule is COc1cc(OC)c(NC(=S)Nc2ccc(NC(C)=O)cc2)cc1Cl. The van der Waals surface area contributed by atoms with Gasteiger partial charge in [-0.3, -0.25) is 4.79 Å². The quantitative estimate of drug-likeness (QED) is 0.678. The van der Waals surface area contributed by atoms with Gasteiger partial charge in [-0.2, -0.15) is 0 Å². The Morgan fingerprint density at radius 2 is 1.52 bits per heavy atom. The van der Waals surface area contributed by atoms with Crippen LogP contribution in [-0.4, -0.2) is 25.2 Å². The topological polar surface area (TPSA) is 71.6 Å². The average molecular weight is 380 g/mol. The predicted octanol–water partition coefficient (Wildman–Crippen LogP) is 4.12. The molecule has 0 spiro atoms. The van der Waals surface area contributed by atoms with E-state index < -0.39 is 0 Å². The molecule has 0 atom stereocenters. The summed E-state index contributed by atoms with van der Waals surface area (Å²) in [5.41, 5.74) is 2.09. The van der Waals surface area contributed by atoms with E-state index in [-0.39, 0.29) is 5.91 Å². The fraction of sp³-hybridized carbons (Fsp3) is 0.176. The van der Waals surface area contributed by atoms with Crippen LogP contribution >= 0.6 is 23.8 Å². The maximum atomic E-state index is 11.0. The molecular formula is C17H18ClN3O3S. The summed E-state index contributed by atoms with van der Waals surface area (Å²) in [6, 6.07) is 10.5. The monoisotopic (exact) mass is 379 g/mol. The van der Waals surface area contributed by atoms with Crippen LogP contribution in [0.3, 0.4) is 0 Å². The maximum absolute atomic E-state index is 11.0. The van der Waals surface area contributed by atoms with Gasteiger partial charge in [-0.05, 0) is 42.5 Å². The molecule has 25 heavy (non-hydrogen) atoms. The number of thiocarbonyl (C=S) groups is 1. The highest BCUT2D eigenvalue weighted by Gasteiger charge is 2.11. The molecule has 0 aromatic heterocycles. The molecule has 6 nitrogen and oxygen atoms in total. The molecule has 2 rings (SSSR count). The molecule has 0 radical (unpaired) electrons. The van der Waals surface area contributed by atoms with E-state index in [1.807, 2.05) is 0 Å². The molecule has 0 fully saturated rings. The predicted molar refractivity (Wildman–Crippen MR) is 105 cm³/mol. The fourth-order valence-electron chi connectivity index (χ4n) is 2.08. The summed E-state index contributed by atoms with van der Waals surface area (Å²) in [7, 11) is 3.08. The van der Waals surface area contributed by atoms with Crippen LogP contribution in [0.25, 0.3) is 0 Å². The standard InChI is InChI=1S/C17H18ClN3O3S/c1-10(22)19-11-4-6-12(7-5-11)20-17(25)21-14-8-13(18)15(23-2)9-16(14)24-3/h4-9H,1-3H3,(H,19,22)(H2,20,21,25). The summed E-state index contributed by atoms with van der Waals surface area (Å²) < 4.78 is 10.5. The zero-order valence-corrected chi connectivity index (χ0v) is 15.5. The van der Waals surface area contributed by atoms with E-state index >= 15 is 0 Å². The first-order chi connectivity index (χ1) is 11.9. The smallest absolute Gasteiger partial charge is 0.221 e. The molecule has 0 aliphatic rings. The minimum Gasteiger partial charge on any atom is -0.495 e. The van der Waals surface area contributed by atoms with Gasteiger partial charge in [0.05, 0.1) is 24.9 Å². The number of amides is 1. The lowest BCUT2D eigenvalue weighted by Crippen LogP contribution is -2.19. The Labute approximate surface area is 156 Å². The molecule has 2 aromatic carbocycles. The lowest BCUT2D eigenvalue weighted by atomic mass is 10.2. The Balaban J connectivity index is 2.07. The second kappa shape index (κ2) is 8.55. The van der Waals surface area contributed by atoms with Crippen LogP contribution < -0.4 is 25.4 Å². The van der Waals surface area contributed by atoms with Gasteiger partial charge in [0.2, 0.25) is 5.91 Å². The van der Waals surface area contributed by atoms with Crippen molar-refractivity contribution in [3.8, 4) is 11.5 Å². The van der Waals surface area contributed by atoms with Gasteiger partial charge < -0.3 is 25.4 Å². The minimum absolute atomic E-state index is 0.124. The summed E-state index contributed by atoms with van der Waals surface area (Å²) in [6.45, 7) is 1.46. The van der Waals surface area contributed by atoms with Crippen LogP contribution in [0.5, 0.6) is 11.5 Å². The van der Waals surface area contributed by atoms with E-state index in [1.54, 1.807) is 43.5 Å². The fourth-order valence-corrected chi connectivity index (χ4v) is 2.55. The van der Waals surface area contributed by atoms with Crippen molar-refractivity contribution in [2.24, 2.45) is 0 Å². The maximum Gasteiger partial charge on any atom is 0.221 e.